The van der Waals surface area contributed by atoms with Gasteiger partial charge in [-0.2, -0.15) is 0 Å². The monoisotopic (exact) mass is 298 g/mol. The van der Waals surface area contributed by atoms with Crippen molar-refractivity contribution in [2.24, 2.45) is 5.41 Å². The molecule has 2 aliphatic rings. The minimum Gasteiger partial charge on any atom is -0.462 e. The third-order valence-corrected chi connectivity index (χ3v) is 5.61. The van der Waals surface area contributed by atoms with Gasteiger partial charge in [-0.1, -0.05) is 36.6 Å². The van der Waals surface area contributed by atoms with E-state index < -0.39 is 0 Å². The zero-order valence-electron chi connectivity index (χ0n) is 13.9. The van der Waals surface area contributed by atoms with Gasteiger partial charge in [0.25, 0.3) is 0 Å². The Kier molecular flexibility index (Phi) is 4.12. The first kappa shape index (κ1) is 15.3. The highest BCUT2D eigenvalue weighted by Gasteiger charge is 2.41. The van der Waals surface area contributed by atoms with E-state index in [4.69, 9.17) is 4.74 Å². The lowest BCUT2D eigenvalue weighted by molar-refractivity contribution is 0.0526. The van der Waals surface area contributed by atoms with Crippen LogP contribution in [0.5, 0.6) is 0 Å². The molecule has 0 saturated heterocycles. The Balaban J connectivity index is 1.83. The first-order chi connectivity index (χ1) is 10.5. The molecule has 0 radical (unpaired) electrons. The van der Waals surface area contributed by atoms with Crippen LogP contribution in [0, 0.1) is 5.41 Å². The van der Waals surface area contributed by atoms with Crippen LogP contribution in [0.4, 0.5) is 0 Å². The maximum Gasteiger partial charge on any atom is 0.338 e. The van der Waals surface area contributed by atoms with Crippen LogP contribution < -0.4 is 0 Å². The molecule has 2 atom stereocenters. The molecule has 0 spiro atoms. The van der Waals surface area contributed by atoms with Crippen molar-refractivity contribution in [2.75, 3.05) is 6.61 Å². The fraction of sp³-hybridized carbons (Fsp3) is 0.550. The summed E-state index contributed by atoms with van der Waals surface area (Å²) in [6.45, 7) is 7.02. The summed E-state index contributed by atoms with van der Waals surface area (Å²) in [5.41, 5.74) is 5.68. The van der Waals surface area contributed by atoms with Crippen LogP contribution >= 0.6 is 0 Å². The number of fused-ring (bicyclic) bond motifs is 1. The van der Waals surface area contributed by atoms with Crippen molar-refractivity contribution < 1.29 is 9.53 Å². The standard InChI is InChI=1S/C20H26O2/c1-4-22-19(21)16-10-8-15(9-11-16)17-13-20(3)12-6-5-7-18(20)14(17)2/h8-11,17H,4-7,12-13H2,1-3H3/t17-,20-/m1/s1. The van der Waals surface area contributed by atoms with Crippen molar-refractivity contribution in [1.29, 1.82) is 0 Å². The summed E-state index contributed by atoms with van der Waals surface area (Å²) in [5.74, 6) is 0.297. The smallest absolute Gasteiger partial charge is 0.338 e. The van der Waals surface area contributed by atoms with Crippen molar-refractivity contribution in [2.45, 2.75) is 58.8 Å². The second-order valence-electron chi connectivity index (χ2n) is 7.03. The molecule has 1 aromatic carbocycles. The largest absolute Gasteiger partial charge is 0.462 e. The molecule has 2 nitrogen and oxygen atoms in total. The molecule has 0 heterocycles. The molecule has 0 unspecified atom stereocenters. The van der Waals surface area contributed by atoms with Crippen molar-refractivity contribution in [3.63, 3.8) is 0 Å². The summed E-state index contributed by atoms with van der Waals surface area (Å²) in [6, 6.07) is 8.05. The molecule has 0 aliphatic heterocycles. The number of carbonyl (C=O) groups is 1. The summed E-state index contributed by atoms with van der Waals surface area (Å²) in [6.07, 6.45) is 6.54. The molecule has 1 saturated carbocycles. The predicted molar refractivity (Wildman–Crippen MR) is 89.0 cm³/mol. The predicted octanol–water partition coefficient (Wildman–Crippen LogP) is 5.25. The van der Waals surface area contributed by atoms with E-state index >= 15 is 0 Å². The van der Waals surface area contributed by atoms with Crippen molar-refractivity contribution in [3.8, 4) is 0 Å². The lowest BCUT2D eigenvalue weighted by Crippen LogP contribution is -2.20. The fourth-order valence-corrected chi connectivity index (χ4v) is 4.42. The molecular formula is C20H26O2. The van der Waals surface area contributed by atoms with Gasteiger partial charge in [0.05, 0.1) is 12.2 Å². The zero-order chi connectivity index (χ0) is 15.7. The zero-order valence-corrected chi connectivity index (χ0v) is 13.9. The lowest BCUT2D eigenvalue weighted by Gasteiger charge is -2.33. The second kappa shape index (κ2) is 5.91. The van der Waals surface area contributed by atoms with Gasteiger partial charge in [-0.3, -0.25) is 0 Å². The van der Waals surface area contributed by atoms with Gasteiger partial charge in [-0.15, -0.1) is 0 Å². The Hall–Kier alpha value is -1.57. The Bertz CT molecular complexity index is 597. The fourth-order valence-electron chi connectivity index (χ4n) is 4.42. The van der Waals surface area contributed by atoms with Crippen molar-refractivity contribution in [3.05, 3.63) is 46.5 Å². The molecule has 1 aromatic rings. The average Bonchev–Trinajstić information content (AvgIpc) is 2.79. The summed E-state index contributed by atoms with van der Waals surface area (Å²) < 4.78 is 5.06. The van der Waals surface area contributed by atoms with Crippen molar-refractivity contribution in [1.82, 2.24) is 0 Å². The molecular weight excluding hydrogens is 272 g/mol. The molecule has 0 bridgehead atoms. The van der Waals surface area contributed by atoms with Gasteiger partial charge in [-0.05, 0) is 62.6 Å². The van der Waals surface area contributed by atoms with Crippen LogP contribution in [0.1, 0.15) is 74.7 Å². The van der Waals surface area contributed by atoms with Crippen LogP contribution in [0.2, 0.25) is 0 Å². The number of hydrogen-bond acceptors (Lipinski definition) is 2. The Labute approximate surface area is 133 Å². The summed E-state index contributed by atoms with van der Waals surface area (Å²) >= 11 is 0. The van der Waals surface area contributed by atoms with E-state index in [0.29, 0.717) is 23.5 Å². The molecule has 0 N–H and O–H groups in total. The quantitative estimate of drug-likeness (QED) is 0.563. The lowest BCUT2D eigenvalue weighted by atomic mass is 9.72. The number of allylic oxidation sites excluding steroid dienone is 2. The molecule has 0 aromatic heterocycles. The average molecular weight is 298 g/mol. The molecule has 118 valence electrons. The van der Waals surface area contributed by atoms with E-state index in [2.05, 4.69) is 26.0 Å². The Morgan fingerprint density at radius 1 is 1.27 bits per heavy atom. The maximum absolute atomic E-state index is 11.8. The van der Waals surface area contributed by atoms with Gasteiger partial charge < -0.3 is 4.74 Å². The SMILES string of the molecule is CCOC(=O)c1ccc([C@@H]2C[C@@]3(C)CCCCC3=C2C)cc1. The Morgan fingerprint density at radius 3 is 2.64 bits per heavy atom. The molecule has 3 rings (SSSR count). The van der Waals surface area contributed by atoms with Gasteiger partial charge >= 0.3 is 5.97 Å². The number of ether oxygens (including phenoxy) is 1. The highest BCUT2D eigenvalue weighted by atomic mass is 16.5. The third kappa shape index (κ3) is 2.60. The van der Waals surface area contributed by atoms with Crippen LogP contribution in [-0.2, 0) is 4.74 Å². The summed E-state index contributed by atoms with van der Waals surface area (Å²) in [4.78, 5) is 11.8. The maximum atomic E-state index is 11.8. The Morgan fingerprint density at radius 2 is 2.00 bits per heavy atom. The molecule has 22 heavy (non-hydrogen) atoms. The number of carbonyl (C=O) groups excluding carboxylic acids is 1. The van der Waals surface area contributed by atoms with E-state index in [-0.39, 0.29) is 5.97 Å². The van der Waals surface area contributed by atoms with Crippen LogP contribution in [-0.4, -0.2) is 12.6 Å². The highest BCUT2D eigenvalue weighted by Crippen LogP contribution is 2.56. The second-order valence-corrected chi connectivity index (χ2v) is 7.03. The van der Waals surface area contributed by atoms with Gasteiger partial charge in [0, 0.05) is 5.92 Å². The molecule has 2 heteroatoms. The van der Waals surface area contributed by atoms with Gasteiger partial charge in [0.2, 0.25) is 0 Å². The summed E-state index contributed by atoms with van der Waals surface area (Å²) in [5, 5.41) is 0. The normalized spacial score (nSPS) is 27.7. The summed E-state index contributed by atoms with van der Waals surface area (Å²) in [7, 11) is 0. The number of rotatable bonds is 3. The number of benzene rings is 1. The van der Waals surface area contributed by atoms with Gasteiger partial charge in [0.1, 0.15) is 0 Å². The van der Waals surface area contributed by atoms with E-state index in [1.807, 2.05) is 19.1 Å². The minimum atomic E-state index is -0.226. The van der Waals surface area contributed by atoms with Crippen LogP contribution in [0.3, 0.4) is 0 Å². The third-order valence-electron chi connectivity index (χ3n) is 5.61. The number of hydrogen-bond donors (Lipinski definition) is 0. The van der Waals surface area contributed by atoms with Crippen LogP contribution in [0.15, 0.2) is 35.4 Å². The van der Waals surface area contributed by atoms with Gasteiger partial charge in [0.15, 0.2) is 0 Å². The molecule has 1 fully saturated rings. The number of esters is 1. The first-order valence-electron chi connectivity index (χ1n) is 8.52. The van der Waals surface area contributed by atoms with E-state index in [1.165, 1.54) is 37.7 Å². The minimum absolute atomic E-state index is 0.226. The van der Waals surface area contributed by atoms with Gasteiger partial charge in [-0.25, -0.2) is 4.79 Å². The first-order valence-corrected chi connectivity index (χ1v) is 8.52. The van der Waals surface area contributed by atoms with Crippen LogP contribution in [0.25, 0.3) is 0 Å². The highest BCUT2D eigenvalue weighted by molar-refractivity contribution is 5.89. The van der Waals surface area contributed by atoms with E-state index in [9.17, 15) is 4.79 Å². The molecule has 2 aliphatic carbocycles. The molecule has 0 amide bonds. The topological polar surface area (TPSA) is 26.3 Å². The van der Waals surface area contributed by atoms with Crippen molar-refractivity contribution >= 4 is 5.97 Å². The van der Waals surface area contributed by atoms with E-state index in [1.54, 1.807) is 11.1 Å². The van der Waals surface area contributed by atoms with E-state index in [0.717, 1.165) is 0 Å².